The van der Waals surface area contributed by atoms with Crippen molar-refractivity contribution in [1.29, 1.82) is 0 Å². The highest BCUT2D eigenvalue weighted by molar-refractivity contribution is 5.91. The van der Waals surface area contributed by atoms with Crippen molar-refractivity contribution in [2.75, 3.05) is 0 Å². The average molecular weight is 233 g/mol. The minimum atomic E-state index is -0.197. The Morgan fingerprint density at radius 2 is 2.41 bits per heavy atom. The van der Waals surface area contributed by atoms with E-state index in [1.165, 1.54) is 0 Å². The Morgan fingerprint density at radius 1 is 1.59 bits per heavy atom. The van der Waals surface area contributed by atoms with Gasteiger partial charge in [-0.3, -0.25) is 9.48 Å². The lowest BCUT2D eigenvalue weighted by Gasteiger charge is -2.12. The highest BCUT2D eigenvalue weighted by Crippen LogP contribution is 2.06. The lowest BCUT2D eigenvalue weighted by atomic mass is 10.3. The van der Waals surface area contributed by atoms with E-state index in [0.717, 1.165) is 5.76 Å². The topological polar surface area (TPSA) is 60.1 Å². The van der Waals surface area contributed by atoms with Crippen LogP contribution in [-0.4, -0.2) is 21.7 Å². The van der Waals surface area contributed by atoms with Crippen molar-refractivity contribution in [1.82, 2.24) is 15.1 Å². The molecule has 2 aromatic rings. The fourth-order valence-corrected chi connectivity index (χ4v) is 1.59. The molecule has 1 atom stereocenters. The summed E-state index contributed by atoms with van der Waals surface area (Å²) in [5, 5.41) is 6.94. The van der Waals surface area contributed by atoms with E-state index in [1.54, 1.807) is 23.0 Å². The molecule has 0 aliphatic rings. The summed E-state index contributed by atoms with van der Waals surface area (Å²) in [6.45, 7) is 4.37. The number of hydrogen-bond donors (Lipinski definition) is 1. The van der Waals surface area contributed by atoms with Crippen LogP contribution in [0.3, 0.4) is 0 Å². The molecule has 0 saturated heterocycles. The van der Waals surface area contributed by atoms with Crippen molar-refractivity contribution in [2.24, 2.45) is 0 Å². The lowest BCUT2D eigenvalue weighted by Crippen LogP contribution is -2.35. The summed E-state index contributed by atoms with van der Waals surface area (Å²) < 4.78 is 7.02. The van der Waals surface area contributed by atoms with Gasteiger partial charge in [-0.05, 0) is 32.0 Å². The van der Waals surface area contributed by atoms with Crippen molar-refractivity contribution < 1.29 is 9.21 Å². The summed E-state index contributed by atoms with van der Waals surface area (Å²) in [6.07, 6.45) is 3.57. The van der Waals surface area contributed by atoms with Crippen LogP contribution in [0.15, 0.2) is 35.0 Å². The summed E-state index contributed by atoms with van der Waals surface area (Å²) in [6, 6.07) is 5.29. The summed E-state index contributed by atoms with van der Waals surface area (Å²) in [7, 11) is 0. The van der Waals surface area contributed by atoms with Crippen LogP contribution in [-0.2, 0) is 6.54 Å². The second kappa shape index (κ2) is 4.86. The van der Waals surface area contributed by atoms with E-state index < -0.39 is 0 Å². The second-order valence-corrected chi connectivity index (χ2v) is 4.01. The standard InChI is InChI=1S/C12H15N3O2/c1-9(8-15-7-3-6-13-15)14-12(16)11-5-4-10(2)17-11/h3-7,9H,8H2,1-2H3,(H,14,16). The molecule has 2 rings (SSSR count). The highest BCUT2D eigenvalue weighted by Gasteiger charge is 2.13. The number of hydrogen-bond acceptors (Lipinski definition) is 3. The van der Waals surface area contributed by atoms with Crippen molar-refractivity contribution in [3.63, 3.8) is 0 Å². The largest absolute Gasteiger partial charge is 0.456 e. The predicted molar refractivity (Wildman–Crippen MR) is 62.6 cm³/mol. The van der Waals surface area contributed by atoms with Gasteiger partial charge in [-0.25, -0.2) is 0 Å². The highest BCUT2D eigenvalue weighted by atomic mass is 16.3. The fraction of sp³-hybridized carbons (Fsp3) is 0.333. The van der Waals surface area contributed by atoms with Gasteiger partial charge >= 0.3 is 0 Å². The molecule has 0 saturated carbocycles. The van der Waals surface area contributed by atoms with E-state index in [-0.39, 0.29) is 11.9 Å². The van der Waals surface area contributed by atoms with Gasteiger partial charge in [0, 0.05) is 18.4 Å². The van der Waals surface area contributed by atoms with Gasteiger partial charge in [-0.2, -0.15) is 5.10 Å². The number of aryl methyl sites for hydroxylation is 1. The summed E-state index contributed by atoms with van der Waals surface area (Å²) in [4.78, 5) is 11.8. The van der Waals surface area contributed by atoms with E-state index >= 15 is 0 Å². The van der Waals surface area contributed by atoms with E-state index in [4.69, 9.17) is 4.42 Å². The zero-order valence-corrected chi connectivity index (χ0v) is 9.88. The molecular formula is C12H15N3O2. The molecule has 2 aromatic heterocycles. The number of carbonyl (C=O) groups excluding carboxylic acids is 1. The monoisotopic (exact) mass is 233 g/mol. The molecule has 1 N–H and O–H groups in total. The van der Waals surface area contributed by atoms with E-state index in [2.05, 4.69) is 10.4 Å². The number of rotatable bonds is 4. The number of amides is 1. The van der Waals surface area contributed by atoms with E-state index in [9.17, 15) is 4.79 Å². The molecule has 0 aliphatic heterocycles. The van der Waals surface area contributed by atoms with Crippen molar-refractivity contribution >= 4 is 5.91 Å². The van der Waals surface area contributed by atoms with E-state index in [0.29, 0.717) is 12.3 Å². The molecule has 17 heavy (non-hydrogen) atoms. The van der Waals surface area contributed by atoms with Crippen LogP contribution in [0.5, 0.6) is 0 Å². The number of nitrogens with zero attached hydrogens (tertiary/aromatic N) is 2. The first-order valence-corrected chi connectivity index (χ1v) is 5.50. The Hall–Kier alpha value is -2.04. The fourth-order valence-electron chi connectivity index (χ4n) is 1.59. The van der Waals surface area contributed by atoms with Crippen molar-refractivity contribution in [3.8, 4) is 0 Å². The van der Waals surface area contributed by atoms with Crippen LogP contribution < -0.4 is 5.32 Å². The minimum Gasteiger partial charge on any atom is -0.456 e. The summed E-state index contributed by atoms with van der Waals surface area (Å²) in [5.74, 6) is 0.877. The lowest BCUT2D eigenvalue weighted by molar-refractivity contribution is 0.0906. The Morgan fingerprint density at radius 3 is 3.00 bits per heavy atom. The summed E-state index contributed by atoms with van der Waals surface area (Å²) >= 11 is 0. The van der Waals surface area contributed by atoms with Crippen LogP contribution in [0.25, 0.3) is 0 Å². The van der Waals surface area contributed by atoms with Gasteiger partial charge in [0.2, 0.25) is 0 Å². The molecule has 0 radical (unpaired) electrons. The third-order valence-electron chi connectivity index (χ3n) is 2.36. The Kier molecular flexibility index (Phi) is 3.27. The Balaban J connectivity index is 1.90. The van der Waals surface area contributed by atoms with Crippen molar-refractivity contribution in [3.05, 3.63) is 42.1 Å². The van der Waals surface area contributed by atoms with Gasteiger partial charge in [-0.1, -0.05) is 0 Å². The Labute approximate surface area is 99.4 Å². The first-order valence-electron chi connectivity index (χ1n) is 5.50. The minimum absolute atomic E-state index is 0.00666. The van der Waals surface area contributed by atoms with Crippen molar-refractivity contribution in [2.45, 2.75) is 26.4 Å². The van der Waals surface area contributed by atoms with Crippen LogP contribution in [0.2, 0.25) is 0 Å². The molecule has 5 heteroatoms. The van der Waals surface area contributed by atoms with Gasteiger partial charge in [0.25, 0.3) is 5.91 Å². The number of aromatic nitrogens is 2. The van der Waals surface area contributed by atoms with Crippen LogP contribution in [0, 0.1) is 6.92 Å². The number of furan rings is 1. The third-order valence-corrected chi connectivity index (χ3v) is 2.36. The molecule has 0 aromatic carbocycles. The van der Waals surface area contributed by atoms with Gasteiger partial charge in [0.15, 0.2) is 5.76 Å². The predicted octanol–water partition coefficient (Wildman–Crippen LogP) is 1.60. The molecule has 2 heterocycles. The molecule has 0 bridgehead atoms. The average Bonchev–Trinajstić information content (AvgIpc) is 2.89. The maximum absolute atomic E-state index is 11.8. The zero-order valence-electron chi connectivity index (χ0n) is 9.88. The molecule has 0 spiro atoms. The number of nitrogens with one attached hydrogen (secondary N) is 1. The van der Waals surface area contributed by atoms with Crippen LogP contribution in [0.4, 0.5) is 0 Å². The smallest absolute Gasteiger partial charge is 0.287 e. The quantitative estimate of drug-likeness (QED) is 0.872. The van der Waals surface area contributed by atoms with Gasteiger partial charge in [-0.15, -0.1) is 0 Å². The molecule has 5 nitrogen and oxygen atoms in total. The maximum atomic E-state index is 11.8. The second-order valence-electron chi connectivity index (χ2n) is 4.01. The zero-order chi connectivity index (χ0) is 12.3. The first-order chi connectivity index (χ1) is 8.15. The van der Waals surface area contributed by atoms with E-state index in [1.807, 2.05) is 26.1 Å². The molecule has 0 aliphatic carbocycles. The molecule has 1 unspecified atom stereocenters. The third kappa shape index (κ3) is 2.96. The molecule has 1 amide bonds. The number of carbonyl (C=O) groups is 1. The first kappa shape index (κ1) is 11.4. The summed E-state index contributed by atoms with van der Waals surface area (Å²) in [5.41, 5.74) is 0. The van der Waals surface area contributed by atoms with Gasteiger partial charge in [0.05, 0.1) is 6.54 Å². The normalized spacial score (nSPS) is 12.4. The van der Waals surface area contributed by atoms with Gasteiger partial charge in [0.1, 0.15) is 5.76 Å². The Bertz CT molecular complexity index is 488. The van der Waals surface area contributed by atoms with Crippen LogP contribution in [0.1, 0.15) is 23.2 Å². The SMILES string of the molecule is Cc1ccc(C(=O)NC(C)Cn2cccn2)o1. The molecule has 0 fully saturated rings. The van der Waals surface area contributed by atoms with Crippen LogP contribution >= 0.6 is 0 Å². The van der Waals surface area contributed by atoms with Gasteiger partial charge < -0.3 is 9.73 Å². The molecule has 90 valence electrons. The molecular weight excluding hydrogens is 218 g/mol. The maximum Gasteiger partial charge on any atom is 0.287 e.